The van der Waals surface area contributed by atoms with Crippen molar-refractivity contribution in [1.82, 2.24) is 15.1 Å². The maximum Gasteiger partial charge on any atom is 0.265 e. The number of rotatable bonds is 6. The van der Waals surface area contributed by atoms with Crippen molar-refractivity contribution in [3.05, 3.63) is 41.6 Å². The lowest BCUT2D eigenvalue weighted by molar-refractivity contribution is 0.0940. The molecule has 1 heterocycles. The molecule has 1 amide bonds. The van der Waals surface area contributed by atoms with Gasteiger partial charge in [0.05, 0.1) is 11.1 Å². The maximum atomic E-state index is 12.9. The van der Waals surface area contributed by atoms with E-state index >= 15 is 0 Å². The Morgan fingerprint density at radius 2 is 1.92 bits per heavy atom. The van der Waals surface area contributed by atoms with Crippen molar-refractivity contribution in [2.45, 2.75) is 38.1 Å². The first kappa shape index (κ1) is 19.0. The van der Waals surface area contributed by atoms with Crippen molar-refractivity contribution in [1.29, 1.82) is 0 Å². The van der Waals surface area contributed by atoms with E-state index in [1.54, 1.807) is 31.3 Å². The lowest BCUT2D eigenvalue weighted by Gasteiger charge is -2.21. The van der Waals surface area contributed by atoms with Gasteiger partial charge in [-0.2, -0.15) is 5.10 Å². The summed E-state index contributed by atoms with van der Waals surface area (Å²) in [6.45, 7) is 5.74. The van der Waals surface area contributed by atoms with E-state index in [0.29, 0.717) is 0 Å². The summed E-state index contributed by atoms with van der Waals surface area (Å²) < 4.78 is 28.3. The summed E-state index contributed by atoms with van der Waals surface area (Å²) in [4.78, 5) is 12.6. The molecule has 1 aromatic carbocycles. The fraction of sp³-hybridized carbons (Fsp3) is 0.412. The van der Waals surface area contributed by atoms with Gasteiger partial charge in [0.2, 0.25) is 0 Å². The largest absolute Gasteiger partial charge is 0.349 e. The number of anilines is 1. The Hall–Kier alpha value is -2.35. The van der Waals surface area contributed by atoms with E-state index in [0.717, 1.165) is 16.3 Å². The number of nitrogens with zero attached hydrogens (tertiary/aromatic N) is 3. The minimum atomic E-state index is -3.80. The van der Waals surface area contributed by atoms with Crippen LogP contribution >= 0.6 is 0 Å². The van der Waals surface area contributed by atoms with Gasteiger partial charge in [0.25, 0.3) is 15.9 Å². The smallest absolute Gasteiger partial charge is 0.265 e. The first-order valence-corrected chi connectivity index (χ1v) is 9.51. The van der Waals surface area contributed by atoms with E-state index in [1.165, 1.54) is 17.9 Å². The fourth-order valence-corrected chi connectivity index (χ4v) is 3.59. The van der Waals surface area contributed by atoms with Crippen LogP contribution in [0.3, 0.4) is 0 Å². The predicted molar refractivity (Wildman–Crippen MR) is 97.2 cm³/mol. The molecule has 0 aliphatic carbocycles. The lowest BCUT2D eigenvalue weighted by Crippen LogP contribution is -2.35. The van der Waals surface area contributed by atoms with Crippen LogP contribution in [0.15, 0.2) is 35.4 Å². The van der Waals surface area contributed by atoms with Crippen LogP contribution in [-0.4, -0.2) is 37.2 Å². The van der Waals surface area contributed by atoms with Crippen molar-refractivity contribution < 1.29 is 13.2 Å². The van der Waals surface area contributed by atoms with E-state index in [2.05, 4.69) is 10.4 Å². The van der Waals surface area contributed by atoms with E-state index in [9.17, 15) is 13.2 Å². The molecule has 0 radical (unpaired) electrons. The summed E-state index contributed by atoms with van der Waals surface area (Å²) in [6.07, 6.45) is 2.16. The zero-order valence-corrected chi connectivity index (χ0v) is 16.0. The van der Waals surface area contributed by atoms with Gasteiger partial charge >= 0.3 is 0 Å². The molecule has 136 valence electrons. The molecule has 2 rings (SSSR count). The number of sulfonamides is 1. The number of carbonyl (C=O) groups is 1. The first-order chi connectivity index (χ1) is 11.7. The Bertz CT molecular complexity index is 857. The van der Waals surface area contributed by atoms with Crippen LogP contribution in [0.4, 0.5) is 5.82 Å². The molecule has 0 aliphatic heterocycles. The Labute approximate surface area is 148 Å². The van der Waals surface area contributed by atoms with Gasteiger partial charge in [-0.1, -0.05) is 24.6 Å². The first-order valence-electron chi connectivity index (χ1n) is 8.07. The third-order valence-electron chi connectivity index (χ3n) is 4.12. The second-order valence-corrected chi connectivity index (χ2v) is 8.04. The van der Waals surface area contributed by atoms with Crippen molar-refractivity contribution in [3.8, 4) is 0 Å². The second-order valence-electron chi connectivity index (χ2n) is 6.07. The highest BCUT2D eigenvalue weighted by molar-refractivity contribution is 7.92. The van der Waals surface area contributed by atoms with E-state index in [1.807, 2.05) is 20.8 Å². The van der Waals surface area contributed by atoms with Crippen molar-refractivity contribution >= 4 is 21.7 Å². The van der Waals surface area contributed by atoms with Gasteiger partial charge < -0.3 is 5.32 Å². The van der Waals surface area contributed by atoms with Crippen LogP contribution in [0.1, 0.15) is 36.2 Å². The number of benzene rings is 1. The van der Waals surface area contributed by atoms with E-state index in [4.69, 9.17) is 0 Å². The molecule has 1 unspecified atom stereocenters. The van der Waals surface area contributed by atoms with Gasteiger partial charge in [0.1, 0.15) is 5.56 Å². The zero-order chi connectivity index (χ0) is 18.8. The van der Waals surface area contributed by atoms with Gasteiger partial charge in [-0.15, -0.1) is 0 Å². The Kier molecular flexibility index (Phi) is 5.52. The molecule has 1 atom stereocenters. The molecule has 0 aliphatic rings. The molecular formula is C17H24N4O3S. The average molecular weight is 364 g/mol. The van der Waals surface area contributed by atoms with Crippen LogP contribution < -0.4 is 9.62 Å². The van der Waals surface area contributed by atoms with E-state index < -0.39 is 10.0 Å². The number of aryl methyl sites for hydroxylation is 2. The fourth-order valence-electron chi connectivity index (χ4n) is 2.35. The predicted octanol–water partition coefficient (Wildman–Crippen LogP) is 2.08. The topological polar surface area (TPSA) is 84.3 Å². The van der Waals surface area contributed by atoms with E-state index in [-0.39, 0.29) is 28.2 Å². The maximum absolute atomic E-state index is 12.9. The van der Waals surface area contributed by atoms with Gasteiger partial charge in [0.15, 0.2) is 5.82 Å². The summed E-state index contributed by atoms with van der Waals surface area (Å²) in [5, 5.41) is 6.90. The molecule has 7 nitrogen and oxygen atoms in total. The SMILES string of the molecule is CCC(C)NC(=O)c1cnn(C)c1N(C)S(=O)(=O)c1ccc(C)cc1. The number of nitrogens with one attached hydrogen (secondary N) is 1. The quantitative estimate of drug-likeness (QED) is 0.850. The standard InChI is InChI=1S/C17H24N4O3S/c1-6-13(3)19-16(22)15-11-18-20(4)17(15)21(5)25(23,24)14-9-7-12(2)8-10-14/h7-11,13H,6H2,1-5H3,(H,19,22). The molecule has 1 N–H and O–H groups in total. The molecule has 2 aromatic rings. The molecule has 8 heteroatoms. The number of hydrogen-bond donors (Lipinski definition) is 1. The van der Waals surface area contributed by atoms with Crippen LogP contribution in [0.5, 0.6) is 0 Å². The van der Waals surface area contributed by atoms with Crippen LogP contribution in [-0.2, 0) is 17.1 Å². The third kappa shape index (κ3) is 3.84. The average Bonchev–Trinajstić information content (AvgIpc) is 2.95. The monoisotopic (exact) mass is 364 g/mol. The number of hydrogen-bond acceptors (Lipinski definition) is 4. The highest BCUT2D eigenvalue weighted by Crippen LogP contribution is 2.25. The third-order valence-corrected chi connectivity index (χ3v) is 5.88. The number of carbonyl (C=O) groups excluding carboxylic acids is 1. The highest BCUT2D eigenvalue weighted by Gasteiger charge is 2.28. The summed E-state index contributed by atoms with van der Waals surface area (Å²) in [6, 6.07) is 6.56. The molecule has 0 fully saturated rings. The minimum absolute atomic E-state index is 0.0143. The van der Waals surface area contributed by atoms with Crippen LogP contribution in [0.25, 0.3) is 0 Å². The Balaban J connectivity index is 2.42. The van der Waals surface area contributed by atoms with Crippen LogP contribution in [0, 0.1) is 6.92 Å². The molecular weight excluding hydrogens is 340 g/mol. The van der Waals surface area contributed by atoms with Crippen LogP contribution in [0.2, 0.25) is 0 Å². The number of amides is 1. The normalized spacial score (nSPS) is 12.7. The zero-order valence-electron chi connectivity index (χ0n) is 15.1. The van der Waals surface area contributed by atoms with Crippen molar-refractivity contribution in [2.75, 3.05) is 11.4 Å². The van der Waals surface area contributed by atoms with Crippen molar-refractivity contribution in [2.24, 2.45) is 7.05 Å². The summed E-state index contributed by atoms with van der Waals surface area (Å²) in [5.74, 6) is -0.121. The van der Waals surface area contributed by atoms with Crippen molar-refractivity contribution in [3.63, 3.8) is 0 Å². The summed E-state index contributed by atoms with van der Waals surface area (Å²) >= 11 is 0. The highest BCUT2D eigenvalue weighted by atomic mass is 32.2. The molecule has 0 saturated heterocycles. The minimum Gasteiger partial charge on any atom is -0.349 e. The molecule has 25 heavy (non-hydrogen) atoms. The summed E-state index contributed by atoms with van der Waals surface area (Å²) in [5.41, 5.74) is 1.19. The summed E-state index contributed by atoms with van der Waals surface area (Å²) in [7, 11) is -0.768. The Morgan fingerprint density at radius 1 is 1.32 bits per heavy atom. The van der Waals surface area contributed by atoms with Gasteiger partial charge in [-0.05, 0) is 32.4 Å². The molecule has 0 bridgehead atoms. The molecule has 0 spiro atoms. The lowest BCUT2D eigenvalue weighted by atomic mass is 10.2. The second kappa shape index (κ2) is 7.26. The molecule has 0 saturated carbocycles. The number of aromatic nitrogens is 2. The Morgan fingerprint density at radius 3 is 2.48 bits per heavy atom. The van der Waals surface area contributed by atoms with Gasteiger partial charge in [-0.25, -0.2) is 8.42 Å². The molecule has 1 aromatic heterocycles. The van der Waals surface area contributed by atoms with Gasteiger partial charge in [0, 0.05) is 20.1 Å². The van der Waals surface area contributed by atoms with Gasteiger partial charge in [-0.3, -0.25) is 13.8 Å².